The van der Waals surface area contributed by atoms with Gasteiger partial charge < -0.3 is 35.4 Å². The third-order valence-corrected chi connectivity index (χ3v) is 16.3. The average molecular weight is 809 g/mol. The van der Waals surface area contributed by atoms with E-state index in [9.17, 15) is 0 Å². The molecule has 0 saturated carbocycles. The van der Waals surface area contributed by atoms with Gasteiger partial charge in [0.25, 0.3) is 0 Å². The zero-order valence-electron chi connectivity index (χ0n) is 32.8. The van der Waals surface area contributed by atoms with Crippen LogP contribution in [0.5, 0.6) is 46.0 Å². The van der Waals surface area contributed by atoms with Crippen LogP contribution in [0.4, 0.5) is 0 Å². The summed E-state index contributed by atoms with van der Waals surface area (Å²) in [5, 5.41) is 0. The van der Waals surface area contributed by atoms with Crippen molar-refractivity contribution >= 4 is 34.2 Å². The van der Waals surface area contributed by atoms with E-state index in [4.69, 9.17) is 35.4 Å². The van der Waals surface area contributed by atoms with Crippen molar-refractivity contribution in [3.8, 4) is 46.0 Å². The maximum atomic E-state index is 6.98. The van der Waals surface area contributed by atoms with Crippen molar-refractivity contribution in [2.45, 2.75) is 106 Å². The SMILES string of the molecule is Cc1c2c3cc4c1O[Si](C)(C)Oc1c(cc5c(c1C)O[Si](C)(C)Oc1c(cc6c(c1C)O[Si](C)(C)Oc1c(cc(c(c1C)O[Si](C)(C)O2)C3)C6)C5)C4.[Ar]. The molecule has 53 heavy (non-hydrogen) atoms. The summed E-state index contributed by atoms with van der Waals surface area (Å²) in [5.74, 6) is 6.91. The van der Waals surface area contributed by atoms with E-state index < -0.39 is 34.2 Å². The zero-order valence-corrected chi connectivity index (χ0v) is 37.5. The number of benzene rings is 4. The largest absolute Gasteiger partial charge is 0.511 e. The Balaban J connectivity index is 0.00000400. The monoisotopic (exact) mass is 808 g/mol. The molecule has 0 atom stereocenters. The van der Waals surface area contributed by atoms with Gasteiger partial charge in [-0.15, -0.1) is 0 Å². The fourth-order valence-electron chi connectivity index (χ4n) is 8.76. The molecule has 0 saturated heterocycles. The predicted octanol–water partition coefficient (Wildman–Crippen LogP) is 9.49. The Morgan fingerprint density at radius 3 is 0.566 bits per heavy atom. The molecule has 0 amide bonds. The van der Waals surface area contributed by atoms with Gasteiger partial charge in [0.2, 0.25) is 0 Å². The summed E-state index contributed by atoms with van der Waals surface area (Å²) < 4.78 is 55.8. The second-order valence-electron chi connectivity index (χ2n) is 17.0. The van der Waals surface area contributed by atoms with E-state index in [1.165, 1.54) is 0 Å². The van der Waals surface area contributed by atoms with Crippen LogP contribution in [0.1, 0.15) is 66.8 Å². The van der Waals surface area contributed by atoms with E-state index in [0.29, 0.717) is 25.7 Å². The minimum absolute atomic E-state index is 0. The van der Waals surface area contributed by atoms with Gasteiger partial charge >= 0.3 is 34.2 Å². The topological polar surface area (TPSA) is 73.8 Å². The van der Waals surface area contributed by atoms with Crippen molar-refractivity contribution in [2.24, 2.45) is 0 Å². The number of hydrogen-bond acceptors (Lipinski definition) is 8. The molecule has 4 aromatic rings. The quantitative estimate of drug-likeness (QED) is 0.143. The molecule has 280 valence electrons. The second kappa shape index (κ2) is 12.2. The molecule has 4 heterocycles. The van der Waals surface area contributed by atoms with Crippen LogP contribution in [0.3, 0.4) is 0 Å². The van der Waals surface area contributed by atoms with Crippen LogP contribution >= 0.6 is 0 Å². The van der Waals surface area contributed by atoms with E-state index in [1.54, 1.807) is 0 Å². The fraction of sp³-hybridized carbons (Fsp3) is 0.400. The molecule has 9 rings (SSSR count). The molecule has 0 spiro atoms. The van der Waals surface area contributed by atoms with E-state index in [0.717, 1.165) is 113 Å². The van der Waals surface area contributed by atoms with Crippen LogP contribution in [0.25, 0.3) is 0 Å². The Morgan fingerprint density at radius 2 is 0.434 bits per heavy atom. The van der Waals surface area contributed by atoms with E-state index in [1.807, 2.05) is 0 Å². The third-order valence-electron chi connectivity index (χ3n) is 10.8. The average Bonchev–Trinajstić information content (AvgIpc) is 3.01. The van der Waals surface area contributed by atoms with Crippen molar-refractivity contribution in [3.63, 3.8) is 0 Å². The Hall–Kier alpha value is -2.59. The maximum Gasteiger partial charge on any atom is 0.454 e. The molecular weight excluding hydrogens is 761 g/mol. The summed E-state index contributed by atoms with van der Waals surface area (Å²) >= 11 is 0. The smallest absolute Gasteiger partial charge is 0.454 e. The van der Waals surface area contributed by atoms with E-state index in [-0.39, 0.29) is 37.7 Å². The molecule has 8 bridgehead atoms. The first-order valence-corrected chi connectivity index (χ1v) is 29.7. The zero-order chi connectivity index (χ0) is 36.9. The van der Waals surface area contributed by atoms with E-state index >= 15 is 0 Å². The summed E-state index contributed by atoms with van der Waals surface area (Å²) in [5.41, 5.74) is 13.1. The fourth-order valence-corrected chi connectivity index (χ4v) is 15.1. The molecule has 13 heteroatoms. The first-order chi connectivity index (χ1) is 24.3. The minimum Gasteiger partial charge on any atom is -0.511 e. The molecule has 0 aromatic heterocycles. The Kier molecular flexibility index (Phi) is 8.60. The molecule has 0 N–H and O–H groups in total. The van der Waals surface area contributed by atoms with Crippen LogP contribution in [0, 0.1) is 65.4 Å². The van der Waals surface area contributed by atoms with E-state index in [2.05, 4.69) is 104 Å². The molecule has 1 aliphatic carbocycles. The van der Waals surface area contributed by atoms with Crippen LogP contribution in [-0.4, -0.2) is 34.2 Å². The van der Waals surface area contributed by atoms with Gasteiger partial charge in [-0.3, -0.25) is 0 Å². The van der Waals surface area contributed by atoms with Gasteiger partial charge in [-0.2, -0.15) is 0 Å². The summed E-state index contributed by atoms with van der Waals surface area (Å²) in [7, 11) is -11.1. The molecule has 8 nitrogen and oxygen atoms in total. The summed E-state index contributed by atoms with van der Waals surface area (Å²) in [6.45, 7) is 25.4. The Bertz CT molecular complexity index is 1840. The predicted molar refractivity (Wildman–Crippen MR) is 211 cm³/mol. The number of hydrogen-bond donors (Lipinski definition) is 0. The molecule has 5 aliphatic rings. The molecule has 4 aromatic carbocycles. The van der Waals surface area contributed by atoms with Gasteiger partial charge in [0.15, 0.2) is 0 Å². The standard InChI is InChI=1S/C40H48O8Si4.Ar/c1-21-33-25-13-26-18-28-15-30-20-32-16-31-19-29-14-27(17-25)35(43-49(5,6)41-33)22(2)37(29)45-51(9,10)47-39(31)24(4)40(32)48-52(11,12)46-38(30)23(3)36(28)44-50(7,8)42-34(21)26;/h13-16H,17-20H2,1-12H3;. The van der Waals surface area contributed by atoms with Crippen molar-refractivity contribution < 1.29 is 73.1 Å². The van der Waals surface area contributed by atoms with Crippen LogP contribution < -0.4 is 35.4 Å². The molecular formula is C40H48ArO8Si4. The summed E-state index contributed by atoms with van der Waals surface area (Å²) in [6, 6.07) is 9.29. The van der Waals surface area contributed by atoms with Crippen molar-refractivity contribution in [2.75, 3.05) is 0 Å². The van der Waals surface area contributed by atoms with Crippen LogP contribution in [0.2, 0.25) is 52.4 Å². The van der Waals surface area contributed by atoms with Crippen molar-refractivity contribution in [1.29, 1.82) is 0 Å². The Morgan fingerprint density at radius 1 is 0.302 bits per heavy atom. The van der Waals surface area contributed by atoms with Crippen molar-refractivity contribution in [1.82, 2.24) is 0 Å². The second-order valence-corrected chi connectivity index (χ2v) is 29.9. The molecule has 0 fully saturated rings. The summed E-state index contributed by atoms with van der Waals surface area (Å²) in [4.78, 5) is 0. The normalized spacial score (nSPS) is 19.5. The van der Waals surface area contributed by atoms with Gasteiger partial charge in [0.05, 0.1) is 0 Å². The van der Waals surface area contributed by atoms with Gasteiger partial charge in [-0.05, 0) is 96.5 Å². The van der Waals surface area contributed by atoms with Gasteiger partial charge in [-0.1, -0.05) is 0 Å². The molecule has 0 radical (unpaired) electrons. The molecule has 0 unspecified atom stereocenters. The van der Waals surface area contributed by atoms with Crippen molar-refractivity contribution in [3.05, 3.63) is 91.0 Å². The van der Waals surface area contributed by atoms with Gasteiger partial charge in [0.1, 0.15) is 46.0 Å². The molecule has 4 aliphatic heterocycles. The maximum absolute atomic E-state index is 6.98. The number of rotatable bonds is 0. The van der Waals surface area contributed by atoms with Crippen LogP contribution in [-0.2, 0) is 25.7 Å². The van der Waals surface area contributed by atoms with Crippen LogP contribution in [0.15, 0.2) is 24.3 Å². The third kappa shape index (κ3) is 6.24. The first kappa shape index (κ1) is 37.3. The summed E-state index contributed by atoms with van der Waals surface area (Å²) in [6.07, 6.45) is 2.61. The first-order valence-electron chi connectivity index (χ1n) is 18.4. The minimum atomic E-state index is -2.77. The van der Waals surface area contributed by atoms with Gasteiger partial charge in [-0.25, -0.2) is 0 Å². The Labute approximate surface area is 347 Å². The van der Waals surface area contributed by atoms with Gasteiger partial charge in [0, 0.05) is 138 Å².